The molecular formula is C24H18ClF3N6O2. The number of hydrogen-bond acceptors (Lipinski definition) is 6. The Morgan fingerprint density at radius 2 is 1.94 bits per heavy atom. The van der Waals surface area contributed by atoms with Crippen LogP contribution in [0.15, 0.2) is 54.7 Å². The third-order valence-corrected chi connectivity index (χ3v) is 6.33. The Labute approximate surface area is 207 Å². The second-order valence-electron chi connectivity index (χ2n) is 8.33. The number of halogens is 4. The smallest absolute Gasteiger partial charge is 0.437 e. The highest BCUT2D eigenvalue weighted by Gasteiger charge is 2.51. The van der Waals surface area contributed by atoms with Gasteiger partial charge in [-0.1, -0.05) is 29.8 Å². The number of hydrogen-bond donors (Lipinski definition) is 2. The molecule has 1 aliphatic rings. The van der Waals surface area contributed by atoms with E-state index in [4.69, 9.17) is 16.3 Å². The SMILES string of the molecule is COc1cc(-c2ccc(NC(=O)C3(c4cccc(Cl)c4)CC3)cc2-c2nnn[nH]2)cnc1C(F)(F)F. The molecule has 0 radical (unpaired) electrons. The number of pyridine rings is 1. The zero-order valence-corrected chi connectivity index (χ0v) is 19.5. The highest BCUT2D eigenvalue weighted by Crippen LogP contribution is 2.49. The van der Waals surface area contributed by atoms with Crippen molar-refractivity contribution in [2.45, 2.75) is 24.4 Å². The number of carbonyl (C=O) groups is 1. The number of methoxy groups -OCH3 is 1. The number of ether oxygens (including phenoxy) is 1. The van der Waals surface area contributed by atoms with E-state index >= 15 is 0 Å². The fraction of sp³-hybridized carbons (Fsp3) is 0.208. The van der Waals surface area contributed by atoms with Gasteiger partial charge in [-0.05, 0) is 64.7 Å². The molecule has 1 fully saturated rings. The van der Waals surface area contributed by atoms with E-state index in [9.17, 15) is 18.0 Å². The maximum Gasteiger partial charge on any atom is 0.437 e. The highest BCUT2D eigenvalue weighted by atomic mass is 35.5. The van der Waals surface area contributed by atoms with Crippen molar-refractivity contribution in [3.05, 3.63) is 71.0 Å². The Bertz CT molecular complexity index is 1440. The van der Waals surface area contributed by atoms with E-state index in [2.05, 4.69) is 30.9 Å². The average Bonchev–Trinajstić information content (AvgIpc) is 3.50. The van der Waals surface area contributed by atoms with Crippen molar-refractivity contribution in [3.63, 3.8) is 0 Å². The normalized spacial score (nSPS) is 14.4. The summed E-state index contributed by atoms with van der Waals surface area (Å²) in [5.74, 6) is -0.343. The summed E-state index contributed by atoms with van der Waals surface area (Å²) in [6, 6.07) is 13.4. The fourth-order valence-corrected chi connectivity index (χ4v) is 4.30. The van der Waals surface area contributed by atoms with Crippen LogP contribution in [0.2, 0.25) is 5.02 Å². The number of anilines is 1. The first-order chi connectivity index (χ1) is 17.2. The lowest BCUT2D eigenvalue weighted by Crippen LogP contribution is -2.27. The van der Waals surface area contributed by atoms with Crippen LogP contribution in [-0.4, -0.2) is 38.6 Å². The van der Waals surface area contributed by atoms with Crippen LogP contribution < -0.4 is 10.1 Å². The molecule has 1 amide bonds. The van der Waals surface area contributed by atoms with Gasteiger partial charge in [0.05, 0.1) is 12.5 Å². The van der Waals surface area contributed by atoms with Gasteiger partial charge in [-0.2, -0.15) is 13.2 Å². The topological polar surface area (TPSA) is 106 Å². The molecule has 0 unspecified atom stereocenters. The van der Waals surface area contributed by atoms with E-state index in [0.29, 0.717) is 40.2 Å². The Morgan fingerprint density at radius 1 is 1.14 bits per heavy atom. The maximum absolute atomic E-state index is 13.3. The zero-order valence-electron chi connectivity index (χ0n) is 18.7. The number of tetrazole rings is 1. The summed E-state index contributed by atoms with van der Waals surface area (Å²) in [6.07, 6.45) is -2.19. The van der Waals surface area contributed by atoms with Gasteiger partial charge in [-0.25, -0.2) is 10.1 Å². The molecule has 36 heavy (non-hydrogen) atoms. The molecule has 5 rings (SSSR count). The third-order valence-electron chi connectivity index (χ3n) is 6.09. The lowest BCUT2D eigenvalue weighted by atomic mass is 9.94. The minimum Gasteiger partial charge on any atom is -0.494 e. The molecule has 2 N–H and O–H groups in total. The standard InChI is InChI=1S/C24H18ClF3N6O2/c1-36-19-9-13(12-29-20(19)24(26,27)28)17-6-5-16(11-18(17)21-31-33-34-32-21)30-22(35)23(7-8-23)14-3-2-4-15(25)10-14/h2-6,9-12H,7-8H2,1H3,(H,30,35)(H,31,32,33,34). The molecule has 1 aliphatic carbocycles. The van der Waals surface area contributed by atoms with Gasteiger partial charge < -0.3 is 10.1 Å². The number of alkyl halides is 3. The summed E-state index contributed by atoms with van der Waals surface area (Å²) in [7, 11) is 1.14. The van der Waals surface area contributed by atoms with Crippen LogP contribution in [0.1, 0.15) is 24.1 Å². The summed E-state index contributed by atoms with van der Waals surface area (Å²) < 4.78 is 44.8. The number of nitrogens with zero attached hydrogens (tertiary/aromatic N) is 4. The largest absolute Gasteiger partial charge is 0.494 e. The van der Waals surface area contributed by atoms with E-state index < -0.39 is 23.0 Å². The molecule has 0 aliphatic heterocycles. The zero-order chi connectivity index (χ0) is 25.5. The molecule has 2 heterocycles. The van der Waals surface area contributed by atoms with Crippen LogP contribution in [0, 0.1) is 0 Å². The number of aromatic amines is 1. The van der Waals surface area contributed by atoms with Gasteiger partial charge in [0.25, 0.3) is 0 Å². The first kappa shape index (κ1) is 23.7. The Kier molecular flexibility index (Phi) is 5.87. The van der Waals surface area contributed by atoms with Crippen molar-refractivity contribution in [1.82, 2.24) is 25.6 Å². The van der Waals surface area contributed by atoms with E-state index in [1.807, 2.05) is 6.07 Å². The number of amides is 1. The molecule has 4 aromatic rings. The summed E-state index contributed by atoms with van der Waals surface area (Å²) in [5, 5.41) is 17.3. The minimum atomic E-state index is -4.67. The monoisotopic (exact) mass is 514 g/mol. The predicted molar refractivity (Wildman–Crippen MR) is 125 cm³/mol. The number of aromatic nitrogens is 5. The third kappa shape index (κ3) is 4.37. The second kappa shape index (κ2) is 8.90. The molecule has 0 spiro atoms. The van der Waals surface area contributed by atoms with E-state index in [1.54, 1.807) is 36.4 Å². The van der Waals surface area contributed by atoms with Gasteiger partial charge in [-0.15, -0.1) is 5.10 Å². The Balaban J connectivity index is 1.51. The highest BCUT2D eigenvalue weighted by molar-refractivity contribution is 6.30. The molecule has 0 atom stereocenters. The molecule has 1 saturated carbocycles. The Morgan fingerprint density at radius 3 is 2.58 bits per heavy atom. The summed E-state index contributed by atoms with van der Waals surface area (Å²) in [6.45, 7) is 0. The molecular weight excluding hydrogens is 497 g/mol. The number of carbonyl (C=O) groups excluding carboxylic acids is 1. The fourth-order valence-electron chi connectivity index (χ4n) is 4.11. The van der Waals surface area contributed by atoms with Crippen molar-refractivity contribution >= 4 is 23.2 Å². The van der Waals surface area contributed by atoms with Crippen LogP contribution in [0.5, 0.6) is 5.75 Å². The lowest BCUT2D eigenvalue weighted by Gasteiger charge is -2.18. The van der Waals surface area contributed by atoms with Crippen molar-refractivity contribution in [2.24, 2.45) is 0 Å². The van der Waals surface area contributed by atoms with Crippen molar-refractivity contribution in [1.29, 1.82) is 0 Å². The van der Waals surface area contributed by atoms with Gasteiger partial charge in [0.1, 0.15) is 5.75 Å². The van der Waals surface area contributed by atoms with Gasteiger partial charge in [-0.3, -0.25) is 4.79 Å². The van der Waals surface area contributed by atoms with Crippen molar-refractivity contribution in [2.75, 3.05) is 12.4 Å². The Hall–Kier alpha value is -3.99. The van der Waals surface area contributed by atoms with Crippen LogP contribution in [0.3, 0.4) is 0 Å². The minimum absolute atomic E-state index is 0.183. The number of H-pyrrole nitrogens is 1. The predicted octanol–water partition coefficient (Wildman–Crippen LogP) is 5.28. The quantitative estimate of drug-likeness (QED) is 0.362. The van der Waals surface area contributed by atoms with Crippen LogP contribution >= 0.6 is 11.6 Å². The second-order valence-corrected chi connectivity index (χ2v) is 8.77. The van der Waals surface area contributed by atoms with Gasteiger partial charge in [0.2, 0.25) is 5.91 Å². The van der Waals surface area contributed by atoms with Gasteiger partial charge in [0, 0.05) is 28.0 Å². The lowest BCUT2D eigenvalue weighted by molar-refractivity contribution is -0.142. The number of nitrogens with one attached hydrogen (secondary N) is 2. The average molecular weight is 515 g/mol. The molecule has 0 saturated heterocycles. The first-order valence-electron chi connectivity index (χ1n) is 10.8. The molecule has 2 aromatic heterocycles. The molecule has 12 heteroatoms. The maximum atomic E-state index is 13.3. The van der Waals surface area contributed by atoms with Crippen molar-refractivity contribution in [3.8, 4) is 28.3 Å². The van der Waals surface area contributed by atoms with E-state index in [-0.39, 0.29) is 11.7 Å². The number of rotatable bonds is 6. The molecule has 0 bridgehead atoms. The summed E-state index contributed by atoms with van der Waals surface area (Å²) >= 11 is 6.12. The van der Waals surface area contributed by atoms with Crippen LogP contribution in [0.25, 0.3) is 22.5 Å². The summed E-state index contributed by atoms with van der Waals surface area (Å²) in [5.41, 5.74) is 0.804. The van der Waals surface area contributed by atoms with Gasteiger partial charge >= 0.3 is 6.18 Å². The molecule has 184 valence electrons. The van der Waals surface area contributed by atoms with E-state index in [0.717, 1.165) is 18.9 Å². The molecule has 2 aromatic carbocycles. The van der Waals surface area contributed by atoms with Gasteiger partial charge in [0.15, 0.2) is 11.5 Å². The van der Waals surface area contributed by atoms with Crippen molar-refractivity contribution < 1.29 is 22.7 Å². The summed E-state index contributed by atoms with van der Waals surface area (Å²) in [4.78, 5) is 16.8. The first-order valence-corrected chi connectivity index (χ1v) is 11.2. The number of benzene rings is 2. The van der Waals surface area contributed by atoms with Crippen LogP contribution in [-0.2, 0) is 16.4 Å². The van der Waals surface area contributed by atoms with E-state index in [1.165, 1.54) is 6.07 Å². The molecule has 8 nitrogen and oxygen atoms in total. The van der Waals surface area contributed by atoms with Crippen LogP contribution in [0.4, 0.5) is 18.9 Å².